The third-order valence-electron chi connectivity index (χ3n) is 4.03. The molecule has 0 saturated carbocycles. The molecule has 0 saturated heterocycles. The lowest BCUT2D eigenvalue weighted by Gasteiger charge is -2.12. The molecule has 1 aliphatic carbocycles. The van der Waals surface area contributed by atoms with Gasteiger partial charge in [0.05, 0.1) is 0 Å². The summed E-state index contributed by atoms with van der Waals surface area (Å²) >= 11 is 0. The Bertz CT molecular complexity index is 592. The van der Waals surface area contributed by atoms with Gasteiger partial charge in [-0.3, -0.25) is 9.59 Å². The zero-order chi connectivity index (χ0) is 16.1. The van der Waals surface area contributed by atoms with Gasteiger partial charge in [-0.2, -0.15) is 0 Å². The average Bonchev–Trinajstić information content (AvgIpc) is 2.95. The highest BCUT2D eigenvalue weighted by atomic mass is 16.3. The van der Waals surface area contributed by atoms with Gasteiger partial charge in [0.2, 0.25) is 5.91 Å². The SMILES string of the molecule is Cc1ccc(C)c(C(=O)CCC(=O)N[C@@H]2C=C[C@H](CO)C2)c1. The van der Waals surface area contributed by atoms with Crippen LogP contribution >= 0.6 is 0 Å². The van der Waals surface area contributed by atoms with Crippen LogP contribution in [0.15, 0.2) is 30.4 Å². The maximum Gasteiger partial charge on any atom is 0.220 e. The molecular weight excluding hydrogens is 278 g/mol. The first-order valence-corrected chi connectivity index (χ1v) is 7.68. The van der Waals surface area contributed by atoms with Crippen molar-refractivity contribution in [1.82, 2.24) is 5.32 Å². The smallest absolute Gasteiger partial charge is 0.220 e. The van der Waals surface area contributed by atoms with Crippen molar-refractivity contribution in [3.63, 3.8) is 0 Å². The van der Waals surface area contributed by atoms with Crippen molar-refractivity contribution in [2.75, 3.05) is 6.61 Å². The molecule has 0 radical (unpaired) electrons. The first kappa shape index (κ1) is 16.4. The van der Waals surface area contributed by atoms with Crippen LogP contribution in [0.1, 0.15) is 40.7 Å². The van der Waals surface area contributed by atoms with Crippen LogP contribution in [0.25, 0.3) is 0 Å². The molecule has 1 aliphatic rings. The molecular formula is C18H23NO3. The summed E-state index contributed by atoms with van der Waals surface area (Å²) in [6.45, 7) is 3.96. The topological polar surface area (TPSA) is 66.4 Å². The lowest BCUT2D eigenvalue weighted by Crippen LogP contribution is -2.33. The first-order chi connectivity index (χ1) is 10.5. The summed E-state index contributed by atoms with van der Waals surface area (Å²) in [7, 11) is 0. The number of hydrogen-bond acceptors (Lipinski definition) is 3. The Morgan fingerprint density at radius 1 is 1.23 bits per heavy atom. The minimum atomic E-state index is -0.119. The number of rotatable bonds is 6. The van der Waals surface area contributed by atoms with Gasteiger partial charge in [0.1, 0.15) is 0 Å². The summed E-state index contributed by atoms with van der Waals surface area (Å²) in [6.07, 6.45) is 4.97. The number of amides is 1. The van der Waals surface area contributed by atoms with Crippen molar-refractivity contribution in [3.05, 3.63) is 47.0 Å². The number of benzene rings is 1. The number of hydrogen-bond donors (Lipinski definition) is 2. The Labute approximate surface area is 131 Å². The van der Waals surface area contributed by atoms with Crippen molar-refractivity contribution in [1.29, 1.82) is 0 Å². The van der Waals surface area contributed by atoms with Gasteiger partial charge in [0.15, 0.2) is 5.78 Å². The minimum absolute atomic E-state index is 0.00606. The predicted octanol–water partition coefficient (Wildman–Crippen LogP) is 2.32. The summed E-state index contributed by atoms with van der Waals surface area (Å²) < 4.78 is 0. The van der Waals surface area contributed by atoms with Gasteiger partial charge in [-0.1, -0.05) is 29.8 Å². The molecule has 4 heteroatoms. The van der Waals surface area contributed by atoms with Crippen LogP contribution in [0.3, 0.4) is 0 Å². The number of aliphatic hydroxyl groups excluding tert-OH is 1. The quantitative estimate of drug-likeness (QED) is 0.626. The monoisotopic (exact) mass is 301 g/mol. The highest BCUT2D eigenvalue weighted by molar-refractivity contribution is 5.99. The molecule has 0 fully saturated rings. The second-order valence-corrected chi connectivity index (χ2v) is 5.98. The molecule has 0 heterocycles. The fraction of sp³-hybridized carbons (Fsp3) is 0.444. The third kappa shape index (κ3) is 4.28. The summed E-state index contributed by atoms with van der Waals surface area (Å²) in [6, 6.07) is 5.76. The predicted molar refractivity (Wildman–Crippen MR) is 85.7 cm³/mol. The van der Waals surface area contributed by atoms with Gasteiger partial charge in [0.25, 0.3) is 0 Å². The van der Waals surface area contributed by atoms with Gasteiger partial charge < -0.3 is 10.4 Å². The fourth-order valence-electron chi connectivity index (χ4n) is 2.69. The molecule has 0 aliphatic heterocycles. The number of carbonyl (C=O) groups is 2. The van der Waals surface area contributed by atoms with Gasteiger partial charge in [0, 0.05) is 37.0 Å². The number of Topliss-reactive ketones (excluding diaryl/α,β-unsaturated/α-hetero) is 1. The molecule has 0 bridgehead atoms. The molecule has 2 rings (SSSR count). The molecule has 1 aromatic carbocycles. The average molecular weight is 301 g/mol. The van der Waals surface area contributed by atoms with E-state index in [2.05, 4.69) is 5.32 Å². The molecule has 118 valence electrons. The van der Waals surface area contributed by atoms with Crippen LogP contribution in [-0.4, -0.2) is 29.4 Å². The highest BCUT2D eigenvalue weighted by Crippen LogP contribution is 2.17. The number of aliphatic hydroxyl groups is 1. The van der Waals surface area contributed by atoms with Crippen molar-refractivity contribution in [2.24, 2.45) is 5.92 Å². The van der Waals surface area contributed by atoms with Crippen LogP contribution in [-0.2, 0) is 4.79 Å². The number of carbonyl (C=O) groups excluding carboxylic acids is 2. The molecule has 2 atom stereocenters. The summed E-state index contributed by atoms with van der Waals surface area (Å²) in [4.78, 5) is 24.2. The van der Waals surface area contributed by atoms with E-state index in [-0.39, 0.29) is 43.1 Å². The normalized spacial score (nSPS) is 20.1. The maximum absolute atomic E-state index is 12.2. The first-order valence-electron chi connectivity index (χ1n) is 7.68. The second kappa shape index (κ2) is 7.36. The Balaban J connectivity index is 1.82. The van der Waals surface area contributed by atoms with E-state index in [0.29, 0.717) is 5.56 Å². The van der Waals surface area contributed by atoms with Crippen LogP contribution in [0.5, 0.6) is 0 Å². The third-order valence-corrected chi connectivity index (χ3v) is 4.03. The zero-order valence-corrected chi connectivity index (χ0v) is 13.1. The Morgan fingerprint density at radius 2 is 2.00 bits per heavy atom. The van der Waals surface area contributed by atoms with Crippen LogP contribution < -0.4 is 5.32 Å². The van der Waals surface area contributed by atoms with E-state index in [0.717, 1.165) is 17.5 Å². The Hall–Kier alpha value is -1.94. The number of aryl methyl sites for hydroxylation is 2. The van der Waals surface area contributed by atoms with Crippen LogP contribution in [0.2, 0.25) is 0 Å². The zero-order valence-electron chi connectivity index (χ0n) is 13.1. The van der Waals surface area contributed by atoms with E-state index in [9.17, 15) is 9.59 Å². The van der Waals surface area contributed by atoms with E-state index in [1.54, 1.807) is 0 Å². The number of ketones is 1. The maximum atomic E-state index is 12.2. The Kier molecular flexibility index (Phi) is 5.50. The van der Waals surface area contributed by atoms with Crippen molar-refractivity contribution >= 4 is 11.7 Å². The van der Waals surface area contributed by atoms with Gasteiger partial charge in [-0.05, 0) is 31.9 Å². The minimum Gasteiger partial charge on any atom is -0.396 e. The van der Waals surface area contributed by atoms with Gasteiger partial charge in [-0.25, -0.2) is 0 Å². The summed E-state index contributed by atoms with van der Waals surface area (Å²) in [5.74, 6) is 0.0142. The molecule has 0 unspecified atom stereocenters. The fourth-order valence-corrected chi connectivity index (χ4v) is 2.69. The summed E-state index contributed by atoms with van der Waals surface area (Å²) in [5.41, 5.74) is 2.69. The van der Waals surface area contributed by atoms with Crippen molar-refractivity contribution < 1.29 is 14.7 Å². The molecule has 0 aromatic heterocycles. The molecule has 2 N–H and O–H groups in total. The van der Waals surface area contributed by atoms with E-state index in [1.165, 1.54) is 0 Å². The van der Waals surface area contributed by atoms with Crippen molar-refractivity contribution in [3.8, 4) is 0 Å². The largest absolute Gasteiger partial charge is 0.396 e. The van der Waals surface area contributed by atoms with E-state index < -0.39 is 0 Å². The van der Waals surface area contributed by atoms with E-state index in [1.807, 2.05) is 44.2 Å². The van der Waals surface area contributed by atoms with Gasteiger partial charge >= 0.3 is 0 Å². The Morgan fingerprint density at radius 3 is 2.68 bits per heavy atom. The van der Waals surface area contributed by atoms with E-state index >= 15 is 0 Å². The number of nitrogens with one attached hydrogen (secondary N) is 1. The second-order valence-electron chi connectivity index (χ2n) is 5.98. The van der Waals surface area contributed by atoms with E-state index in [4.69, 9.17) is 5.11 Å². The highest BCUT2D eigenvalue weighted by Gasteiger charge is 2.20. The lowest BCUT2D eigenvalue weighted by atomic mass is 9.99. The molecule has 0 spiro atoms. The van der Waals surface area contributed by atoms with Gasteiger partial charge in [-0.15, -0.1) is 0 Å². The summed E-state index contributed by atoms with van der Waals surface area (Å²) in [5, 5.41) is 11.9. The van der Waals surface area contributed by atoms with Crippen LogP contribution in [0.4, 0.5) is 0 Å². The van der Waals surface area contributed by atoms with Crippen molar-refractivity contribution in [2.45, 2.75) is 39.2 Å². The van der Waals surface area contributed by atoms with Crippen LogP contribution in [0, 0.1) is 19.8 Å². The molecule has 22 heavy (non-hydrogen) atoms. The molecule has 1 amide bonds. The lowest BCUT2D eigenvalue weighted by molar-refractivity contribution is -0.121. The molecule has 4 nitrogen and oxygen atoms in total. The molecule has 1 aromatic rings. The standard InChI is InChI=1S/C18H23NO3/c1-12-3-4-13(2)16(9-12)17(21)7-8-18(22)19-15-6-5-14(10-15)11-20/h3-6,9,14-15,20H,7-8,10-11H2,1-2H3,(H,19,22)/t14-,15+/m0/s1.